The monoisotopic (exact) mass is 399 g/mol. The van der Waals surface area contributed by atoms with Gasteiger partial charge in [0.25, 0.3) is 5.91 Å². The maximum absolute atomic E-state index is 13.0. The first-order valence-electron chi connectivity index (χ1n) is 8.91. The highest BCUT2D eigenvalue weighted by Crippen LogP contribution is 2.32. The fourth-order valence-electron chi connectivity index (χ4n) is 2.79. The van der Waals surface area contributed by atoms with Crippen molar-refractivity contribution in [3.8, 4) is 11.6 Å². The molecule has 1 N–H and O–H groups in total. The summed E-state index contributed by atoms with van der Waals surface area (Å²) in [4.78, 5) is 22.0. The Hall–Kier alpha value is -2.86. The lowest BCUT2D eigenvalue weighted by Crippen LogP contribution is -2.17. The van der Waals surface area contributed by atoms with Gasteiger partial charge in [-0.25, -0.2) is 9.97 Å². The first-order chi connectivity index (χ1) is 13.3. The SMILES string of the molecule is CCOc1nc2cc(C)c(C)cc2nc1C(=O)Nc1cc(C)c(Cl)cc1OC. The molecule has 0 radical (unpaired) electrons. The molecule has 1 amide bonds. The van der Waals surface area contributed by atoms with Gasteiger partial charge in [-0.1, -0.05) is 11.6 Å². The summed E-state index contributed by atoms with van der Waals surface area (Å²) in [5.74, 6) is 0.221. The zero-order valence-corrected chi connectivity index (χ0v) is 17.3. The van der Waals surface area contributed by atoms with Crippen molar-refractivity contribution in [2.75, 3.05) is 19.0 Å². The average Bonchev–Trinajstić information content (AvgIpc) is 2.65. The molecule has 0 unspecified atom stereocenters. The third-order valence-electron chi connectivity index (χ3n) is 4.47. The van der Waals surface area contributed by atoms with Gasteiger partial charge in [0.2, 0.25) is 5.88 Å². The van der Waals surface area contributed by atoms with E-state index in [9.17, 15) is 4.79 Å². The molecule has 0 saturated carbocycles. The molecular formula is C21H22ClN3O3. The molecule has 0 spiro atoms. The Balaban J connectivity index is 2.06. The molecule has 28 heavy (non-hydrogen) atoms. The Morgan fingerprint density at radius 3 is 2.29 bits per heavy atom. The van der Waals surface area contributed by atoms with Crippen molar-refractivity contribution in [3.05, 3.63) is 51.7 Å². The van der Waals surface area contributed by atoms with E-state index in [-0.39, 0.29) is 11.6 Å². The smallest absolute Gasteiger partial charge is 0.280 e. The van der Waals surface area contributed by atoms with Gasteiger partial charge < -0.3 is 14.8 Å². The van der Waals surface area contributed by atoms with Crippen molar-refractivity contribution in [1.82, 2.24) is 9.97 Å². The van der Waals surface area contributed by atoms with E-state index in [4.69, 9.17) is 21.1 Å². The second-order valence-electron chi connectivity index (χ2n) is 6.49. The Bertz CT molecular complexity index is 1070. The van der Waals surface area contributed by atoms with Gasteiger partial charge in [-0.15, -0.1) is 0 Å². The predicted molar refractivity (Wildman–Crippen MR) is 111 cm³/mol. The molecule has 0 atom stereocenters. The number of aromatic nitrogens is 2. The van der Waals surface area contributed by atoms with Gasteiger partial charge in [0, 0.05) is 11.1 Å². The number of carbonyl (C=O) groups excluding carboxylic acids is 1. The number of halogens is 1. The molecule has 0 saturated heterocycles. The van der Waals surface area contributed by atoms with Crippen LogP contribution in [0, 0.1) is 20.8 Å². The predicted octanol–water partition coefficient (Wildman–Crippen LogP) is 4.87. The van der Waals surface area contributed by atoms with E-state index in [0.717, 1.165) is 16.7 Å². The molecule has 3 rings (SSSR count). The third-order valence-corrected chi connectivity index (χ3v) is 4.88. The van der Waals surface area contributed by atoms with E-state index >= 15 is 0 Å². The first kappa shape index (κ1) is 19.9. The minimum absolute atomic E-state index is 0.118. The molecule has 0 aliphatic carbocycles. The maximum Gasteiger partial charge on any atom is 0.280 e. The highest BCUT2D eigenvalue weighted by molar-refractivity contribution is 6.31. The second kappa shape index (κ2) is 8.02. The summed E-state index contributed by atoms with van der Waals surface area (Å²) in [6.07, 6.45) is 0. The van der Waals surface area contributed by atoms with Crippen molar-refractivity contribution in [1.29, 1.82) is 0 Å². The molecule has 0 aliphatic heterocycles. The Morgan fingerprint density at radius 1 is 1.04 bits per heavy atom. The molecule has 0 fully saturated rings. The number of ether oxygens (including phenoxy) is 2. The van der Waals surface area contributed by atoms with Crippen LogP contribution in [0.1, 0.15) is 34.1 Å². The standard InChI is InChI=1S/C21H22ClN3O3/c1-6-28-21-19(23-15-7-11(2)12(3)8-16(15)25-21)20(26)24-17-9-13(4)14(22)10-18(17)27-5/h7-10H,6H2,1-5H3,(H,24,26). The van der Waals surface area contributed by atoms with E-state index in [0.29, 0.717) is 34.1 Å². The molecule has 6 nitrogen and oxygen atoms in total. The van der Waals surface area contributed by atoms with Gasteiger partial charge in [-0.2, -0.15) is 0 Å². The fraction of sp³-hybridized carbons (Fsp3) is 0.286. The zero-order valence-electron chi connectivity index (χ0n) is 16.5. The third kappa shape index (κ3) is 3.87. The lowest BCUT2D eigenvalue weighted by molar-refractivity contribution is 0.101. The number of hydrogen-bond acceptors (Lipinski definition) is 5. The number of amides is 1. The number of fused-ring (bicyclic) bond motifs is 1. The van der Waals surface area contributed by atoms with E-state index in [1.165, 1.54) is 7.11 Å². The Labute approximate surface area is 168 Å². The zero-order chi connectivity index (χ0) is 20.4. The summed E-state index contributed by atoms with van der Waals surface area (Å²) in [7, 11) is 1.52. The summed E-state index contributed by atoms with van der Waals surface area (Å²) >= 11 is 6.14. The number of anilines is 1. The molecular weight excluding hydrogens is 378 g/mol. The van der Waals surface area contributed by atoms with Crippen molar-refractivity contribution in [2.24, 2.45) is 0 Å². The highest BCUT2D eigenvalue weighted by atomic mass is 35.5. The van der Waals surface area contributed by atoms with E-state index in [2.05, 4.69) is 15.3 Å². The van der Waals surface area contributed by atoms with Crippen LogP contribution < -0.4 is 14.8 Å². The Kier molecular flexibility index (Phi) is 5.70. The largest absolute Gasteiger partial charge is 0.495 e. The number of rotatable bonds is 5. The van der Waals surface area contributed by atoms with Gasteiger partial charge in [-0.3, -0.25) is 4.79 Å². The molecule has 7 heteroatoms. The number of aryl methyl sites for hydroxylation is 3. The van der Waals surface area contributed by atoms with E-state index in [1.807, 2.05) is 39.8 Å². The molecule has 0 bridgehead atoms. The number of nitrogens with one attached hydrogen (secondary N) is 1. The van der Waals surface area contributed by atoms with Crippen LogP contribution in [-0.4, -0.2) is 29.6 Å². The van der Waals surface area contributed by atoms with Gasteiger partial charge >= 0.3 is 0 Å². The van der Waals surface area contributed by atoms with Crippen LogP contribution in [0.2, 0.25) is 5.02 Å². The summed E-state index contributed by atoms with van der Waals surface area (Å²) in [5.41, 5.74) is 4.93. The van der Waals surface area contributed by atoms with Gasteiger partial charge in [0.15, 0.2) is 5.69 Å². The van der Waals surface area contributed by atoms with Crippen LogP contribution in [0.5, 0.6) is 11.6 Å². The average molecular weight is 400 g/mol. The first-order valence-corrected chi connectivity index (χ1v) is 9.29. The summed E-state index contributed by atoms with van der Waals surface area (Å²) in [6.45, 7) is 8.05. The molecule has 1 aromatic heterocycles. The van der Waals surface area contributed by atoms with Crippen LogP contribution >= 0.6 is 11.6 Å². The number of nitrogens with zero attached hydrogens (tertiary/aromatic N) is 2. The molecule has 0 aliphatic rings. The topological polar surface area (TPSA) is 73.3 Å². The van der Waals surface area contributed by atoms with Crippen LogP contribution in [0.15, 0.2) is 24.3 Å². The van der Waals surface area contributed by atoms with E-state index in [1.54, 1.807) is 12.1 Å². The summed E-state index contributed by atoms with van der Waals surface area (Å²) in [6, 6.07) is 7.26. The lowest BCUT2D eigenvalue weighted by atomic mass is 10.1. The number of methoxy groups -OCH3 is 1. The van der Waals surface area contributed by atoms with Crippen molar-refractivity contribution in [2.45, 2.75) is 27.7 Å². The summed E-state index contributed by atoms with van der Waals surface area (Å²) < 4.78 is 10.9. The van der Waals surface area contributed by atoms with Crippen LogP contribution in [0.3, 0.4) is 0 Å². The molecule has 3 aromatic rings. The number of carbonyl (C=O) groups is 1. The fourth-order valence-corrected chi connectivity index (χ4v) is 2.95. The molecule has 1 heterocycles. The Morgan fingerprint density at radius 2 is 1.68 bits per heavy atom. The quantitative estimate of drug-likeness (QED) is 0.662. The number of hydrogen-bond donors (Lipinski definition) is 1. The van der Waals surface area contributed by atoms with Crippen molar-refractivity contribution >= 4 is 34.2 Å². The lowest BCUT2D eigenvalue weighted by Gasteiger charge is -2.14. The van der Waals surface area contributed by atoms with Gasteiger partial charge in [-0.05, 0) is 62.6 Å². The molecule has 146 valence electrons. The maximum atomic E-state index is 13.0. The highest BCUT2D eigenvalue weighted by Gasteiger charge is 2.20. The molecule has 2 aromatic carbocycles. The number of benzene rings is 2. The minimum atomic E-state index is -0.434. The van der Waals surface area contributed by atoms with Crippen molar-refractivity contribution in [3.63, 3.8) is 0 Å². The van der Waals surface area contributed by atoms with Crippen LogP contribution in [-0.2, 0) is 0 Å². The normalized spacial score (nSPS) is 10.8. The van der Waals surface area contributed by atoms with Crippen LogP contribution in [0.25, 0.3) is 11.0 Å². The van der Waals surface area contributed by atoms with Crippen LogP contribution in [0.4, 0.5) is 5.69 Å². The van der Waals surface area contributed by atoms with Crippen molar-refractivity contribution < 1.29 is 14.3 Å². The second-order valence-corrected chi connectivity index (χ2v) is 6.90. The summed E-state index contributed by atoms with van der Waals surface area (Å²) in [5, 5.41) is 3.39. The van der Waals surface area contributed by atoms with Gasteiger partial charge in [0.1, 0.15) is 5.75 Å². The van der Waals surface area contributed by atoms with E-state index < -0.39 is 5.91 Å². The minimum Gasteiger partial charge on any atom is -0.495 e. The van der Waals surface area contributed by atoms with Gasteiger partial charge in [0.05, 0.1) is 30.4 Å².